The van der Waals surface area contributed by atoms with Crippen molar-refractivity contribution in [3.8, 4) is 0 Å². The molecule has 1 fully saturated rings. The number of ketones is 1. The third kappa shape index (κ3) is 1.63. The molecule has 0 aliphatic heterocycles. The zero-order valence-corrected chi connectivity index (χ0v) is 10.2. The summed E-state index contributed by atoms with van der Waals surface area (Å²) in [6.45, 7) is 0. The van der Waals surface area contributed by atoms with E-state index in [4.69, 9.17) is 5.11 Å². The molecule has 1 heterocycles. The third-order valence-electron chi connectivity index (χ3n) is 2.85. The van der Waals surface area contributed by atoms with Gasteiger partial charge in [-0.25, -0.2) is 0 Å². The van der Waals surface area contributed by atoms with Crippen LogP contribution in [0, 0.1) is 5.41 Å². The van der Waals surface area contributed by atoms with E-state index in [1.165, 1.54) is 11.3 Å². The van der Waals surface area contributed by atoms with Crippen molar-refractivity contribution < 1.29 is 14.7 Å². The summed E-state index contributed by atoms with van der Waals surface area (Å²) in [5.74, 6) is -1.22. The SMILES string of the molecule is O=C(O)C1(C(=O)c2ccc(Br)s2)CCC1. The normalized spacial score (nSPS) is 18.2. The number of aliphatic carboxylic acids is 1. The van der Waals surface area contributed by atoms with Gasteiger partial charge >= 0.3 is 5.97 Å². The number of thiophene rings is 1. The van der Waals surface area contributed by atoms with Crippen LogP contribution in [0.1, 0.15) is 28.9 Å². The molecule has 5 heteroatoms. The van der Waals surface area contributed by atoms with Crippen LogP contribution in [0.5, 0.6) is 0 Å². The van der Waals surface area contributed by atoms with Crippen LogP contribution in [-0.2, 0) is 4.79 Å². The van der Waals surface area contributed by atoms with Gasteiger partial charge in [0.15, 0.2) is 5.78 Å². The Morgan fingerprint density at radius 2 is 2.07 bits per heavy atom. The van der Waals surface area contributed by atoms with Gasteiger partial charge in [-0.05, 0) is 40.9 Å². The highest BCUT2D eigenvalue weighted by atomic mass is 79.9. The van der Waals surface area contributed by atoms with E-state index in [2.05, 4.69) is 15.9 Å². The number of carboxylic acids is 1. The van der Waals surface area contributed by atoms with Gasteiger partial charge in [0, 0.05) is 0 Å². The summed E-state index contributed by atoms with van der Waals surface area (Å²) < 4.78 is 0.853. The molecule has 80 valence electrons. The fraction of sp³-hybridized carbons (Fsp3) is 0.400. The molecule has 0 spiro atoms. The molecular formula is C10H9BrO3S. The molecule has 1 saturated carbocycles. The minimum Gasteiger partial charge on any atom is -0.480 e. The Labute approximate surface area is 99.2 Å². The largest absolute Gasteiger partial charge is 0.480 e. The van der Waals surface area contributed by atoms with E-state index in [-0.39, 0.29) is 5.78 Å². The summed E-state index contributed by atoms with van der Waals surface area (Å²) in [5.41, 5.74) is -1.13. The van der Waals surface area contributed by atoms with Crippen LogP contribution in [-0.4, -0.2) is 16.9 Å². The maximum atomic E-state index is 12.0. The van der Waals surface area contributed by atoms with Gasteiger partial charge < -0.3 is 5.11 Å². The van der Waals surface area contributed by atoms with E-state index >= 15 is 0 Å². The first-order chi connectivity index (χ1) is 7.06. The average Bonchev–Trinajstić information content (AvgIpc) is 2.48. The predicted molar refractivity (Wildman–Crippen MR) is 60.3 cm³/mol. The maximum Gasteiger partial charge on any atom is 0.317 e. The highest BCUT2D eigenvalue weighted by Crippen LogP contribution is 2.45. The van der Waals surface area contributed by atoms with Crippen LogP contribution in [0.3, 0.4) is 0 Å². The third-order valence-corrected chi connectivity index (χ3v) is 4.47. The molecule has 3 nitrogen and oxygen atoms in total. The van der Waals surface area contributed by atoms with Crippen LogP contribution < -0.4 is 0 Å². The number of carbonyl (C=O) groups is 2. The van der Waals surface area contributed by atoms with E-state index in [0.717, 1.165) is 10.2 Å². The Morgan fingerprint density at radius 3 is 2.40 bits per heavy atom. The van der Waals surface area contributed by atoms with Gasteiger partial charge in [0.25, 0.3) is 0 Å². The Hall–Kier alpha value is -0.680. The molecule has 1 aromatic heterocycles. The maximum absolute atomic E-state index is 12.0. The van der Waals surface area contributed by atoms with Gasteiger partial charge in [0.2, 0.25) is 0 Å². The topological polar surface area (TPSA) is 54.4 Å². The molecule has 0 amide bonds. The standard InChI is InChI=1S/C10H9BrO3S/c11-7-3-2-6(15-7)8(12)10(9(13)14)4-1-5-10/h2-3H,1,4-5H2,(H,13,14). The van der Waals surface area contributed by atoms with E-state index in [1.807, 2.05) is 0 Å². The second-order valence-corrected chi connectivity index (χ2v) is 6.14. The molecular weight excluding hydrogens is 280 g/mol. The average molecular weight is 289 g/mol. The number of hydrogen-bond donors (Lipinski definition) is 1. The lowest BCUT2D eigenvalue weighted by Gasteiger charge is -2.35. The van der Waals surface area contributed by atoms with Gasteiger partial charge in [0.1, 0.15) is 5.41 Å². The second-order valence-electron chi connectivity index (χ2n) is 3.67. The van der Waals surface area contributed by atoms with Crippen LogP contribution >= 0.6 is 27.3 Å². The monoisotopic (exact) mass is 288 g/mol. The number of Topliss-reactive ketones (excluding diaryl/α,β-unsaturated/α-hetero) is 1. The van der Waals surface area contributed by atoms with Crippen molar-refractivity contribution in [2.45, 2.75) is 19.3 Å². The van der Waals surface area contributed by atoms with Gasteiger partial charge in [-0.1, -0.05) is 6.42 Å². The number of halogens is 1. The highest BCUT2D eigenvalue weighted by Gasteiger charge is 2.51. The zero-order valence-electron chi connectivity index (χ0n) is 7.83. The summed E-state index contributed by atoms with van der Waals surface area (Å²) in [7, 11) is 0. The summed E-state index contributed by atoms with van der Waals surface area (Å²) in [4.78, 5) is 23.6. The van der Waals surface area contributed by atoms with Crippen molar-refractivity contribution in [3.63, 3.8) is 0 Å². The zero-order chi connectivity index (χ0) is 11.1. The highest BCUT2D eigenvalue weighted by molar-refractivity contribution is 9.11. The molecule has 0 saturated heterocycles. The van der Waals surface area contributed by atoms with Crippen molar-refractivity contribution in [1.29, 1.82) is 0 Å². The molecule has 1 aliphatic carbocycles. The van der Waals surface area contributed by atoms with Crippen molar-refractivity contribution >= 4 is 39.0 Å². The molecule has 1 aromatic rings. The van der Waals surface area contributed by atoms with E-state index < -0.39 is 11.4 Å². The summed E-state index contributed by atoms with van der Waals surface area (Å²) in [5, 5.41) is 9.09. The van der Waals surface area contributed by atoms with E-state index in [0.29, 0.717) is 17.7 Å². The van der Waals surface area contributed by atoms with Gasteiger partial charge in [0.05, 0.1) is 8.66 Å². The van der Waals surface area contributed by atoms with Gasteiger partial charge in [-0.15, -0.1) is 11.3 Å². The fourth-order valence-corrected chi connectivity index (χ4v) is 3.17. The van der Waals surface area contributed by atoms with Crippen molar-refractivity contribution in [1.82, 2.24) is 0 Å². The van der Waals surface area contributed by atoms with Crippen LogP contribution in [0.2, 0.25) is 0 Å². The summed E-state index contributed by atoms with van der Waals surface area (Å²) >= 11 is 4.56. The first-order valence-corrected chi connectivity index (χ1v) is 6.21. The lowest BCUT2D eigenvalue weighted by atomic mass is 9.65. The molecule has 0 aromatic carbocycles. The molecule has 0 radical (unpaired) electrons. The fourth-order valence-electron chi connectivity index (χ4n) is 1.74. The molecule has 1 aliphatic rings. The van der Waals surface area contributed by atoms with E-state index in [9.17, 15) is 9.59 Å². The Bertz CT molecular complexity index is 420. The van der Waals surface area contributed by atoms with Gasteiger partial charge in [-0.3, -0.25) is 9.59 Å². The number of rotatable bonds is 3. The Morgan fingerprint density at radius 1 is 1.40 bits per heavy atom. The molecule has 15 heavy (non-hydrogen) atoms. The summed E-state index contributed by atoms with van der Waals surface area (Å²) in [6, 6.07) is 3.45. The first-order valence-electron chi connectivity index (χ1n) is 4.60. The van der Waals surface area contributed by atoms with Crippen LogP contribution in [0.15, 0.2) is 15.9 Å². The molecule has 0 bridgehead atoms. The lowest BCUT2D eigenvalue weighted by molar-refractivity contribution is -0.150. The quantitative estimate of drug-likeness (QED) is 0.687. The molecule has 1 N–H and O–H groups in total. The molecule has 0 atom stereocenters. The van der Waals surface area contributed by atoms with Crippen molar-refractivity contribution in [3.05, 3.63) is 20.8 Å². The predicted octanol–water partition coefficient (Wildman–Crippen LogP) is 2.95. The number of carbonyl (C=O) groups excluding carboxylic acids is 1. The van der Waals surface area contributed by atoms with Crippen LogP contribution in [0.25, 0.3) is 0 Å². The minimum atomic E-state index is -1.13. The number of hydrogen-bond acceptors (Lipinski definition) is 3. The molecule has 0 unspecified atom stereocenters. The van der Waals surface area contributed by atoms with Crippen LogP contribution in [0.4, 0.5) is 0 Å². The van der Waals surface area contributed by atoms with Gasteiger partial charge in [-0.2, -0.15) is 0 Å². The minimum absolute atomic E-state index is 0.239. The first kappa shape index (κ1) is 10.8. The summed E-state index contributed by atoms with van der Waals surface area (Å²) in [6.07, 6.45) is 1.76. The van der Waals surface area contributed by atoms with E-state index in [1.54, 1.807) is 12.1 Å². The van der Waals surface area contributed by atoms with Crippen molar-refractivity contribution in [2.75, 3.05) is 0 Å². The molecule has 2 rings (SSSR count). The van der Waals surface area contributed by atoms with Crippen molar-refractivity contribution in [2.24, 2.45) is 5.41 Å². The smallest absolute Gasteiger partial charge is 0.317 e. The Kier molecular flexibility index (Phi) is 2.68. The number of carboxylic acid groups (broad SMARTS) is 1. The lowest BCUT2D eigenvalue weighted by Crippen LogP contribution is -2.44. The second kappa shape index (κ2) is 3.72. The Balaban J connectivity index is 2.31.